The van der Waals surface area contributed by atoms with Gasteiger partial charge >= 0.3 is 0 Å². The highest BCUT2D eigenvalue weighted by atomic mass is 16.2. The summed E-state index contributed by atoms with van der Waals surface area (Å²) in [5.41, 5.74) is 8.52. The number of nitrogens with two attached hydrogens (primary N) is 1. The molecule has 1 aromatic carbocycles. The van der Waals surface area contributed by atoms with Gasteiger partial charge in [0.2, 0.25) is 5.91 Å². The zero-order valence-corrected chi connectivity index (χ0v) is 17.4. The van der Waals surface area contributed by atoms with Gasteiger partial charge in [-0.15, -0.1) is 0 Å². The molecule has 3 rings (SSSR count). The van der Waals surface area contributed by atoms with Gasteiger partial charge in [-0.3, -0.25) is 19.8 Å². The minimum absolute atomic E-state index is 0.0565. The number of piperidine rings is 1. The van der Waals surface area contributed by atoms with Gasteiger partial charge in [0.05, 0.1) is 0 Å². The van der Waals surface area contributed by atoms with Crippen LogP contribution >= 0.6 is 0 Å². The molecule has 0 spiro atoms. The summed E-state index contributed by atoms with van der Waals surface area (Å²) in [6.07, 6.45) is 3.97. The Bertz CT molecular complexity index is 931. The Morgan fingerprint density at radius 1 is 1.17 bits per heavy atom. The molecule has 0 saturated carbocycles. The fraction of sp³-hybridized carbons (Fsp3) is 0.478. The van der Waals surface area contributed by atoms with Crippen LogP contribution in [0, 0.1) is 12.3 Å². The molecule has 0 radical (unpaired) electrons. The Hall–Kier alpha value is -2.76. The van der Waals surface area contributed by atoms with E-state index in [1.807, 2.05) is 24.0 Å². The van der Waals surface area contributed by atoms with Crippen LogP contribution in [0.5, 0.6) is 0 Å². The number of carbonyl (C=O) groups excluding carboxylic acids is 3. The predicted octanol–water partition coefficient (Wildman–Crippen LogP) is 3.34. The molecule has 0 bridgehead atoms. The monoisotopic (exact) mass is 395 g/mol. The van der Waals surface area contributed by atoms with Gasteiger partial charge in [-0.05, 0) is 67.9 Å². The number of rotatable bonds is 4. The third-order valence-electron chi connectivity index (χ3n) is 6.40. The molecule has 2 amide bonds. The summed E-state index contributed by atoms with van der Waals surface area (Å²) >= 11 is 0. The number of ketones is 1. The van der Waals surface area contributed by atoms with E-state index in [1.54, 1.807) is 6.92 Å². The number of allylic oxidation sites excluding steroid dienone is 1. The van der Waals surface area contributed by atoms with Gasteiger partial charge in [0.15, 0.2) is 5.78 Å². The summed E-state index contributed by atoms with van der Waals surface area (Å²) in [4.78, 5) is 38.5. The molecule has 1 aromatic rings. The average molecular weight is 396 g/mol. The molecule has 2 aliphatic rings. The van der Waals surface area contributed by atoms with Crippen LogP contribution in [0.25, 0.3) is 0 Å². The zero-order chi connectivity index (χ0) is 21.3. The third kappa shape index (κ3) is 4.02. The van der Waals surface area contributed by atoms with Crippen LogP contribution in [0.3, 0.4) is 0 Å². The molecule has 6 heteroatoms. The first-order valence-electron chi connectivity index (χ1n) is 10.2. The largest absolute Gasteiger partial charge is 0.364 e. The highest BCUT2D eigenvalue weighted by Gasteiger charge is 2.35. The van der Waals surface area contributed by atoms with E-state index < -0.39 is 11.3 Å². The van der Waals surface area contributed by atoms with Crippen molar-refractivity contribution < 1.29 is 14.4 Å². The first-order chi connectivity index (χ1) is 13.6. The third-order valence-corrected chi connectivity index (χ3v) is 6.40. The molecule has 1 atom stereocenters. The number of amides is 2. The van der Waals surface area contributed by atoms with E-state index in [0.717, 1.165) is 36.2 Å². The molecule has 29 heavy (non-hydrogen) atoms. The van der Waals surface area contributed by atoms with Gasteiger partial charge in [-0.2, -0.15) is 0 Å². The van der Waals surface area contributed by atoms with E-state index >= 15 is 0 Å². The van der Waals surface area contributed by atoms with Crippen molar-refractivity contribution in [2.24, 2.45) is 5.73 Å². The second kappa shape index (κ2) is 7.93. The van der Waals surface area contributed by atoms with Gasteiger partial charge < -0.3 is 10.6 Å². The van der Waals surface area contributed by atoms with Crippen molar-refractivity contribution in [3.05, 3.63) is 40.5 Å². The summed E-state index contributed by atoms with van der Waals surface area (Å²) < 4.78 is 0. The van der Waals surface area contributed by atoms with Crippen molar-refractivity contribution in [3.63, 3.8) is 0 Å². The van der Waals surface area contributed by atoms with Crippen LogP contribution in [-0.2, 0) is 19.8 Å². The lowest BCUT2D eigenvalue weighted by Gasteiger charge is -2.32. The average Bonchev–Trinajstić information content (AvgIpc) is 2.79. The van der Waals surface area contributed by atoms with Crippen LogP contribution in [0.15, 0.2) is 29.3 Å². The Morgan fingerprint density at radius 2 is 1.90 bits per heavy atom. The zero-order valence-electron chi connectivity index (χ0n) is 17.4. The van der Waals surface area contributed by atoms with Crippen molar-refractivity contribution in [1.82, 2.24) is 0 Å². The summed E-state index contributed by atoms with van der Waals surface area (Å²) in [5.74, 6) is -0.696. The number of hydrogen-bond acceptors (Lipinski definition) is 4. The normalized spacial score (nSPS) is 23.2. The number of aryl methyl sites for hydroxylation is 1. The van der Waals surface area contributed by atoms with Crippen LogP contribution in [0.1, 0.15) is 63.5 Å². The number of hydrogen-bond donors (Lipinski definition) is 2. The molecule has 0 aromatic heterocycles. The van der Waals surface area contributed by atoms with Gasteiger partial charge in [-0.1, -0.05) is 19.1 Å². The van der Waals surface area contributed by atoms with Gasteiger partial charge in [-0.25, -0.2) is 0 Å². The Labute approximate surface area is 171 Å². The summed E-state index contributed by atoms with van der Waals surface area (Å²) in [6, 6.07) is 6.07. The van der Waals surface area contributed by atoms with E-state index in [-0.39, 0.29) is 17.4 Å². The number of nitrogens with one attached hydrogen (secondary N) is 1. The second-order valence-electron chi connectivity index (χ2n) is 8.51. The highest BCUT2D eigenvalue weighted by molar-refractivity contribution is 6.44. The lowest BCUT2D eigenvalue weighted by atomic mass is 9.75. The van der Waals surface area contributed by atoms with Crippen molar-refractivity contribution in [1.29, 1.82) is 5.41 Å². The fourth-order valence-electron chi connectivity index (χ4n) is 4.43. The van der Waals surface area contributed by atoms with Crippen LogP contribution in [-0.4, -0.2) is 29.9 Å². The maximum absolute atomic E-state index is 12.8. The molecule has 6 nitrogen and oxygen atoms in total. The summed E-state index contributed by atoms with van der Waals surface area (Å²) in [5, 5.41) is 7.96. The first kappa shape index (κ1) is 21.0. The minimum atomic E-state index is -0.804. The van der Waals surface area contributed by atoms with Crippen molar-refractivity contribution >= 4 is 29.0 Å². The summed E-state index contributed by atoms with van der Waals surface area (Å²) in [6.45, 7) is 6.48. The lowest BCUT2D eigenvalue weighted by molar-refractivity contribution is -0.119. The molecule has 1 fully saturated rings. The maximum Gasteiger partial charge on any atom is 0.266 e. The SMILES string of the molecule is CC1=C(C(=N)C(N)=O)CCC(C)(c2ccc(N3CCCCC3=O)c(C)c2)CC1=O. The van der Waals surface area contributed by atoms with Crippen LogP contribution < -0.4 is 10.6 Å². The predicted molar refractivity (Wildman–Crippen MR) is 113 cm³/mol. The van der Waals surface area contributed by atoms with E-state index in [4.69, 9.17) is 11.1 Å². The van der Waals surface area contributed by atoms with E-state index in [0.29, 0.717) is 36.8 Å². The number of anilines is 1. The second-order valence-corrected chi connectivity index (χ2v) is 8.51. The first-order valence-corrected chi connectivity index (χ1v) is 10.2. The molecule has 1 aliphatic carbocycles. The highest BCUT2D eigenvalue weighted by Crippen LogP contribution is 2.40. The Balaban J connectivity index is 1.90. The maximum atomic E-state index is 12.8. The summed E-state index contributed by atoms with van der Waals surface area (Å²) in [7, 11) is 0. The smallest absolute Gasteiger partial charge is 0.266 e. The van der Waals surface area contributed by atoms with Crippen molar-refractivity contribution in [2.75, 3.05) is 11.4 Å². The molecule has 1 unspecified atom stereocenters. The molecule has 3 N–H and O–H groups in total. The topological polar surface area (TPSA) is 104 Å². The van der Waals surface area contributed by atoms with E-state index in [9.17, 15) is 14.4 Å². The number of benzene rings is 1. The minimum Gasteiger partial charge on any atom is -0.364 e. The number of Topliss-reactive ketones (excluding diaryl/α,β-unsaturated/α-hetero) is 1. The van der Waals surface area contributed by atoms with Gasteiger partial charge in [0.25, 0.3) is 5.91 Å². The number of carbonyl (C=O) groups is 3. The van der Waals surface area contributed by atoms with Gasteiger partial charge in [0, 0.05) is 30.5 Å². The Kier molecular flexibility index (Phi) is 5.73. The Morgan fingerprint density at radius 3 is 2.52 bits per heavy atom. The molecular weight excluding hydrogens is 366 g/mol. The molecule has 1 saturated heterocycles. The quantitative estimate of drug-likeness (QED) is 0.764. The number of nitrogens with zero attached hydrogens (tertiary/aromatic N) is 1. The molecule has 1 heterocycles. The molecule has 1 aliphatic heterocycles. The van der Waals surface area contributed by atoms with Crippen molar-refractivity contribution in [2.45, 2.75) is 64.7 Å². The fourth-order valence-corrected chi connectivity index (χ4v) is 4.43. The molecular formula is C23H29N3O3. The lowest BCUT2D eigenvalue weighted by Crippen LogP contribution is -2.35. The van der Waals surface area contributed by atoms with Gasteiger partial charge in [0.1, 0.15) is 5.71 Å². The number of primary amides is 1. The van der Waals surface area contributed by atoms with E-state index in [1.165, 1.54) is 0 Å². The van der Waals surface area contributed by atoms with Crippen molar-refractivity contribution in [3.8, 4) is 0 Å². The van der Waals surface area contributed by atoms with E-state index in [2.05, 4.69) is 13.0 Å². The van der Waals surface area contributed by atoms with Crippen LogP contribution in [0.2, 0.25) is 0 Å². The standard InChI is InChI=1S/C23H29N3O3/c1-14-12-16(7-8-18(14)26-11-5-4-6-20(26)28)23(3)10-9-17(21(24)22(25)29)15(2)19(27)13-23/h7-8,12,24H,4-6,9-11,13H2,1-3H3,(H2,25,29). The molecule has 154 valence electrons. The van der Waals surface area contributed by atoms with Crippen LogP contribution in [0.4, 0.5) is 5.69 Å².